The molecule has 1 fully saturated rings. The lowest BCUT2D eigenvalue weighted by atomic mass is 10.4. The van der Waals surface area contributed by atoms with Crippen LogP contribution in [0.5, 0.6) is 0 Å². The van der Waals surface area contributed by atoms with E-state index in [1.54, 1.807) is 28.6 Å². The number of benzene rings is 1. The van der Waals surface area contributed by atoms with E-state index in [0.717, 1.165) is 11.5 Å². The van der Waals surface area contributed by atoms with Gasteiger partial charge in [0.15, 0.2) is 0 Å². The van der Waals surface area contributed by atoms with E-state index < -0.39 is 10.0 Å². The van der Waals surface area contributed by atoms with Crippen molar-refractivity contribution < 1.29 is 8.42 Å². The summed E-state index contributed by atoms with van der Waals surface area (Å²) in [6.45, 7) is 2.58. The minimum atomic E-state index is -3.29. The molecule has 1 unspecified atom stereocenters. The van der Waals surface area contributed by atoms with Crippen molar-refractivity contribution in [3.05, 3.63) is 30.3 Å². The standard InChI is InChI=1S/C11H15NO2S2/c1-10-9-15-8-7-12(10)16(13,14)11-5-3-2-4-6-11/h2-6,10H,7-9H2,1H3. The summed E-state index contributed by atoms with van der Waals surface area (Å²) in [4.78, 5) is 0.397. The SMILES string of the molecule is CC1CSCCN1S(=O)(=O)c1ccccc1. The van der Waals surface area contributed by atoms with Gasteiger partial charge in [-0.2, -0.15) is 16.1 Å². The van der Waals surface area contributed by atoms with Crippen molar-refractivity contribution in [2.45, 2.75) is 17.9 Å². The van der Waals surface area contributed by atoms with Crippen molar-refractivity contribution in [1.29, 1.82) is 0 Å². The molecule has 0 saturated carbocycles. The first-order valence-corrected chi connectivity index (χ1v) is 7.86. The molecular weight excluding hydrogens is 242 g/mol. The van der Waals surface area contributed by atoms with Gasteiger partial charge in [-0.3, -0.25) is 0 Å². The molecule has 0 N–H and O–H groups in total. The molecule has 0 bridgehead atoms. The number of hydrogen-bond acceptors (Lipinski definition) is 3. The Hall–Kier alpha value is -0.520. The van der Waals surface area contributed by atoms with Gasteiger partial charge in [-0.1, -0.05) is 18.2 Å². The highest BCUT2D eigenvalue weighted by atomic mass is 32.2. The summed E-state index contributed by atoms with van der Waals surface area (Å²) in [5, 5.41) is 0. The fraction of sp³-hybridized carbons (Fsp3) is 0.455. The monoisotopic (exact) mass is 257 g/mol. The van der Waals surface area contributed by atoms with E-state index >= 15 is 0 Å². The van der Waals surface area contributed by atoms with Gasteiger partial charge in [0, 0.05) is 24.1 Å². The minimum absolute atomic E-state index is 0.0870. The molecule has 1 aliphatic heterocycles. The molecule has 1 atom stereocenters. The van der Waals surface area contributed by atoms with Crippen LogP contribution in [0.15, 0.2) is 35.2 Å². The molecule has 1 heterocycles. The van der Waals surface area contributed by atoms with Crippen molar-refractivity contribution in [1.82, 2.24) is 4.31 Å². The number of hydrogen-bond donors (Lipinski definition) is 0. The van der Waals surface area contributed by atoms with Gasteiger partial charge in [0.2, 0.25) is 10.0 Å². The van der Waals surface area contributed by atoms with Crippen molar-refractivity contribution in [3.8, 4) is 0 Å². The van der Waals surface area contributed by atoms with Crippen LogP contribution < -0.4 is 0 Å². The normalized spacial score (nSPS) is 23.2. The van der Waals surface area contributed by atoms with Crippen LogP contribution in [0.2, 0.25) is 0 Å². The summed E-state index contributed by atoms with van der Waals surface area (Å²) in [5.74, 6) is 1.77. The number of rotatable bonds is 2. The topological polar surface area (TPSA) is 37.4 Å². The number of sulfonamides is 1. The fourth-order valence-corrected chi connectivity index (χ4v) is 4.67. The molecule has 1 aliphatic rings. The van der Waals surface area contributed by atoms with Crippen LogP contribution in [0.25, 0.3) is 0 Å². The zero-order chi connectivity index (χ0) is 11.6. The Morgan fingerprint density at radius 1 is 1.31 bits per heavy atom. The van der Waals surface area contributed by atoms with E-state index in [0.29, 0.717) is 11.4 Å². The van der Waals surface area contributed by atoms with Crippen molar-refractivity contribution in [2.75, 3.05) is 18.1 Å². The lowest BCUT2D eigenvalue weighted by molar-refractivity contribution is 0.367. The first kappa shape index (κ1) is 12.0. The molecule has 0 spiro atoms. The largest absolute Gasteiger partial charge is 0.243 e. The molecule has 2 rings (SSSR count). The molecular formula is C11H15NO2S2. The predicted octanol–water partition coefficient (Wildman–Crippen LogP) is 1.81. The zero-order valence-electron chi connectivity index (χ0n) is 9.17. The second-order valence-corrected chi connectivity index (χ2v) is 6.89. The Kier molecular flexibility index (Phi) is 3.56. The lowest BCUT2D eigenvalue weighted by Gasteiger charge is -2.31. The second kappa shape index (κ2) is 4.77. The maximum absolute atomic E-state index is 12.3. The van der Waals surface area contributed by atoms with Gasteiger partial charge in [-0.25, -0.2) is 8.42 Å². The summed E-state index contributed by atoms with van der Waals surface area (Å²) < 4.78 is 26.2. The quantitative estimate of drug-likeness (QED) is 0.811. The Labute approximate surface area is 101 Å². The Morgan fingerprint density at radius 2 is 2.00 bits per heavy atom. The summed E-state index contributed by atoms with van der Waals surface area (Å²) in [5.41, 5.74) is 0. The maximum atomic E-state index is 12.3. The average Bonchev–Trinajstić information content (AvgIpc) is 2.30. The van der Waals surface area contributed by atoms with E-state index in [-0.39, 0.29) is 6.04 Å². The van der Waals surface area contributed by atoms with E-state index in [9.17, 15) is 8.42 Å². The lowest BCUT2D eigenvalue weighted by Crippen LogP contribution is -2.44. The van der Waals surface area contributed by atoms with Crippen molar-refractivity contribution in [3.63, 3.8) is 0 Å². The van der Waals surface area contributed by atoms with Gasteiger partial charge in [-0.15, -0.1) is 0 Å². The highest BCUT2D eigenvalue weighted by molar-refractivity contribution is 7.99. The first-order chi connectivity index (χ1) is 7.62. The molecule has 16 heavy (non-hydrogen) atoms. The van der Waals surface area contributed by atoms with Gasteiger partial charge < -0.3 is 0 Å². The Bertz CT molecular complexity index is 444. The molecule has 1 saturated heterocycles. The predicted molar refractivity (Wildman–Crippen MR) is 67.1 cm³/mol. The van der Waals surface area contributed by atoms with Crippen LogP contribution >= 0.6 is 11.8 Å². The Balaban J connectivity index is 2.32. The summed E-state index contributed by atoms with van der Waals surface area (Å²) in [7, 11) is -3.29. The summed E-state index contributed by atoms with van der Waals surface area (Å²) >= 11 is 1.81. The smallest absolute Gasteiger partial charge is 0.207 e. The van der Waals surface area contributed by atoms with Crippen LogP contribution in [0.3, 0.4) is 0 Å². The van der Waals surface area contributed by atoms with E-state index in [4.69, 9.17) is 0 Å². The summed E-state index contributed by atoms with van der Waals surface area (Å²) in [6.07, 6.45) is 0. The van der Waals surface area contributed by atoms with Crippen LogP contribution in [-0.4, -0.2) is 36.8 Å². The molecule has 0 aromatic heterocycles. The number of thioether (sulfide) groups is 1. The molecule has 88 valence electrons. The third-order valence-electron chi connectivity index (χ3n) is 2.66. The molecule has 0 radical (unpaired) electrons. The van der Waals surface area contributed by atoms with Crippen molar-refractivity contribution in [2.24, 2.45) is 0 Å². The first-order valence-electron chi connectivity index (χ1n) is 5.27. The van der Waals surface area contributed by atoms with Gasteiger partial charge in [0.25, 0.3) is 0 Å². The summed E-state index contributed by atoms with van der Waals surface area (Å²) in [6, 6.07) is 8.75. The third-order valence-corrected chi connectivity index (χ3v) is 5.87. The highest BCUT2D eigenvalue weighted by Crippen LogP contribution is 2.23. The van der Waals surface area contributed by atoms with E-state index in [1.165, 1.54) is 0 Å². The van der Waals surface area contributed by atoms with E-state index in [2.05, 4.69) is 0 Å². The van der Waals surface area contributed by atoms with Gasteiger partial charge in [0.05, 0.1) is 4.90 Å². The molecule has 5 heteroatoms. The molecule has 1 aromatic carbocycles. The third kappa shape index (κ3) is 2.26. The average molecular weight is 257 g/mol. The van der Waals surface area contributed by atoms with Gasteiger partial charge in [0.1, 0.15) is 0 Å². The maximum Gasteiger partial charge on any atom is 0.243 e. The minimum Gasteiger partial charge on any atom is -0.207 e. The molecule has 3 nitrogen and oxygen atoms in total. The van der Waals surface area contributed by atoms with Crippen LogP contribution in [0.4, 0.5) is 0 Å². The molecule has 0 amide bonds. The van der Waals surface area contributed by atoms with Gasteiger partial charge in [-0.05, 0) is 19.1 Å². The molecule has 0 aliphatic carbocycles. The van der Waals surface area contributed by atoms with Crippen molar-refractivity contribution >= 4 is 21.8 Å². The van der Waals surface area contributed by atoms with Crippen LogP contribution in [0.1, 0.15) is 6.92 Å². The van der Waals surface area contributed by atoms with Crippen LogP contribution in [0, 0.1) is 0 Å². The molecule has 1 aromatic rings. The highest BCUT2D eigenvalue weighted by Gasteiger charge is 2.30. The van der Waals surface area contributed by atoms with E-state index in [1.807, 2.05) is 24.8 Å². The Morgan fingerprint density at radius 3 is 2.62 bits per heavy atom. The second-order valence-electron chi connectivity index (χ2n) is 3.85. The van der Waals surface area contributed by atoms with Gasteiger partial charge >= 0.3 is 0 Å². The number of nitrogens with zero attached hydrogens (tertiary/aromatic N) is 1. The zero-order valence-corrected chi connectivity index (χ0v) is 10.8. The van der Waals surface area contributed by atoms with Crippen LogP contribution in [-0.2, 0) is 10.0 Å². The fourth-order valence-electron chi connectivity index (χ4n) is 1.80.